The third-order valence-corrected chi connectivity index (χ3v) is 5.74. The van der Waals surface area contributed by atoms with E-state index in [1.165, 1.54) is 23.1 Å². The minimum atomic E-state index is -4.54. The lowest BCUT2D eigenvalue weighted by atomic mass is 10.1. The van der Waals surface area contributed by atoms with Gasteiger partial charge in [-0.15, -0.1) is 11.8 Å². The molecule has 5 nitrogen and oxygen atoms in total. The van der Waals surface area contributed by atoms with E-state index in [9.17, 15) is 18.0 Å². The Hall–Kier alpha value is -2.55. The zero-order chi connectivity index (χ0) is 19.7. The van der Waals surface area contributed by atoms with E-state index in [-0.39, 0.29) is 11.1 Å². The zero-order valence-corrected chi connectivity index (χ0v) is 15.5. The average molecular weight is 410 g/mol. The monoisotopic (exact) mass is 410 g/mol. The normalized spacial score (nSPS) is 18.8. The standard InChI is InChI=1S/C19H17F3N2O3S/c20-19(21,22)13-3-1-2-4-14(13)23-18(25)24-7-10-28-17(24)12-5-6-15-16(11-12)27-9-8-26-15/h1-6,11,17H,7-10H2,(H,23,25). The molecule has 0 bridgehead atoms. The van der Waals surface area contributed by atoms with E-state index in [1.807, 2.05) is 12.1 Å². The summed E-state index contributed by atoms with van der Waals surface area (Å²) < 4.78 is 50.6. The van der Waals surface area contributed by atoms with Crippen LogP contribution in [0.3, 0.4) is 0 Å². The number of carbonyl (C=O) groups excluding carboxylic acids is 1. The van der Waals surface area contributed by atoms with Gasteiger partial charge in [-0.3, -0.25) is 0 Å². The minimum Gasteiger partial charge on any atom is -0.486 e. The van der Waals surface area contributed by atoms with E-state index in [0.717, 1.165) is 11.6 Å². The summed E-state index contributed by atoms with van der Waals surface area (Å²) in [5.41, 5.74) is -0.282. The van der Waals surface area contributed by atoms with Gasteiger partial charge in [0.15, 0.2) is 11.5 Å². The van der Waals surface area contributed by atoms with Gasteiger partial charge in [-0.2, -0.15) is 13.2 Å². The number of nitrogens with zero attached hydrogens (tertiary/aromatic N) is 1. The number of fused-ring (bicyclic) bond motifs is 1. The summed E-state index contributed by atoms with van der Waals surface area (Å²) >= 11 is 1.55. The minimum absolute atomic E-state index is 0.252. The molecule has 0 radical (unpaired) electrons. The molecule has 28 heavy (non-hydrogen) atoms. The highest BCUT2D eigenvalue weighted by Crippen LogP contribution is 2.42. The number of anilines is 1. The van der Waals surface area contributed by atoms with Gasteiger partial charge in [-0.25, -0.2) is 4.79 Å². The van der Waals surface area contributed by atoms with Crippen LogP contribution in [0.15, 0.2) is 42.5 Å². The van der Waals surface area contributed by atoms with Crippen LogP contribution in [-0.2, 0) is 6.18 Å². The fourth-order valence-electron chi connectivity index (χ4n) is 3.19. The Morgan fingerprint density at radius 2 is 1.86 bits per heavy atom. The van der Waals surface area contributed by atoms with Gasteiger partial charge in [0.1, 0.15) is 18.6 Å². The number of nitrogens with one attached hydrogen (secondary N) is 1. The van der Waals surface area contributed by atoms with E-state index in [2.05, 4.69) is 5.32 Å². The number of hydrogen-bond donors (Lipinski definition) is 1. The van der Waals surface area contributed by atoms with Crippen molar-refractivity contribution in [2.45, 2.75) is 11.6 Å². The SMILES string of the molecule is O=C(Nc1ccccc1C(F)(F)F)N1CCSC1c1ccc2c(c1)OCCO2. The first-order valence-electron chi connectivity index (χ1n) is 8.68. The molecule has 0 aromatic heterocycles. The van der Waals surface area contributed by atoms with Crippen LogP contribution in [0.5, 0.6) is 11.5 Å². The smallest absolute Gasteiger partial charge is 0.418 e. The summed E-state index contributed by atoms with van der Waals surface area (Å²) in [7, 11) is 0. The van der Waals surface area contributed by atoms with Crippen LogP contribution in [-0.4, -0.2) is 36.4 Å². The topological polar surface area (TPSA) is 50.8 Å². The van der Waals surface area contributed by atoms with Crippen molar-refractivity contribution in [3.05, 3.63) is 53.6 Å². The van der Waals surface area contributed by atoms with Gasteiger partial charge >= 0.3 is 12.2 Å². The molecule has 2 aromatic carbocycles. The summed E-state index contributed by atoms with van der Waals surface area (Å²) in [5, 5.41) is 2.11. The van der Waals surface area contributed by atoms with Crippen LogP contribution in [0, 0.1) is 0 Å². The number of halogens is 3. The maximum atomic E-state index is 13.2. The van der Waals surface area contributed by atoms with Gasteiger partial charge in [0.05, 0.1) is 11.3 Å². The quantitative estimate of drug-likeness (QED) is 0.776. The summed E-state index contributed by atoms with van der Waals surface area (Å²) in [6, 6.07) is 9.85. The number of hydrogen-bond acceptors (Lipinski definition) is 4. The molecule has 2 aromatic rings. The highest BCUT2D eigenvalue weighted by atomic mass is 32.2. The number of para-hydroxylation sites is 1. The molecular weight excluding hydrogens is 393 g/mol. The predicted octanol–water partition coefficient (Wildman–Crippen LogP) is 4.76. The van der Waals surface area contributed by atoms with Crippen LogP contribution in [0.1, 0.15) is 16.5 Å². The fraction of sp³-hybridized carbons (Fsp3) is 0.316. The van der Waals surface area contributed by atoms with Gasteiger partial charge in [0, 0.05) is 12.3 Å². The third-order valence-electron chi connectivity index (χ3n) is 4.48. The molecule has 148 valence electrons. The van der Waals surface area contributed by atoms with Crippen molar-refractivity contribution in [3.8, 4) is 11.5 Å². The van der Waals surface area contributed by atoms with Crippen molar-refractivity contribution < 1.29 is 27.4 Å². The molecule has 2 aliphatic heterocycles. The van der Waals surface area contributed by atoms with Crippen molar-refractivity contribution in [1.82, 2.24) is 4.90 Å². The molecular formula is C19H17F3N2O3S. The Balaban J connectivity index is 1.55. The summed E-state index contributed by atoms with van der Waals surface area (Å²) in [6.45, 7) is 1.37. The maximum Gasteiger partial charge on any atom is 0.418 e. The molecule has 2 amide bonds. The zero-order valence-electron chi connectivity index (χ0n) is 14.7. The summed E-state index contributed by atoms with van der Waals surface area (Å²) in [5.74, 6) is 1.94. The summed E-state index contributed by atoms with van der Waals surface area (Å²) in [4.78, 5) is 14.3. The Labute approximate surface area is 163 Å². The van der Waals surface area contributed by atoms with Crippen molar-refractivity contribution in [3.63, 3.8) is 0 Å². The number of carbonyl (C=O) groups is 1. The number of rotatable bonds is 2. The number of alkyl halides is 3. The number of amides is 2. The van der Waals surface area contributed by atoms with Gasteiger partial charge < -0.3 is 19.7 Å². The number of benzene rings is 2. The van der Waals surface area contributed by atoms with E-state index in [1.54, 1.807) is 17.8 Å². The van der Waals surface area contributed by atoms with Crippen LogP contribution >= 0.6 is 11.8 Å². The molecule has 9 heteroatoms. The third kappa shape index (κ3) is 3.71. The molecule has 1 atom stereocenters. The molecule has 0 aliphatic carbocycles. The molecule has 4 rings (SSSR count). The Bertz CT molecular complexity index is 891. The van der Waals surface area contributed by atoms with E-state index in [4.69, 9.17) is 9.47 Å². The highest BCUT2D eigenvalue weighted by Gasteiger charge is 2.36. The van der Waals surface area contributed by atoms with Gasteiger partial charge in [0.25, 0.3) is 0 Å². The lowest BCUT2D eigenvalue weighted by molar-refractivity contribution is -0.136. The van der Waals surface area contributed by atoms with Crippen molar-refractivity contribution in [2.75, 3.05) is 30.8 Å². The Morgan fingerprint density at radius 3 is 2.64 bits per heavy atom. The van der Waals surface area contributed by atoms with Crippen LogP contribution in [0.25, 0.3) is 0 Å². The first-order valence-corrected chi connectivity index (χ1v) is 9.73. The number of ether oxygens (including phenoxy) is 2. The van der Waals surface area contributed by atoms with Crippen molar-refractivity contribution >= 4 is 23.5 Å². The number of urea groups is 1. The number of thioether (sulfide) groups is 1. The second-order valence-electron chi connectivity index (χ2n) is 6.29. The maximum absolute atomic E-state index is 13.2. The van der Waals surface area contributed by atoms with Gasteiger partial charge in [0.2, 0.25) is 0 Å². The first kappa shape index (κ1) is 18.8. The summed E-state index contributed by atoms with van der Waals surface area (Å²) in [6.07, 6.45) is -4.54. The molecule has 1 fully saturated rings. The van der Waals surface area contributed by atoms with Gasteiger partial charge in [-0.1, -0.05) is 18.2 Å². The largest absolute Gasteiger partial charge is 0.486 e. The molecule has 0 spiro atoms. The van der Waals surface area contributed by atoms with Gasteiger partial charge in [-0.05, 0) is 29.8 Å². The lowest BCUT2D eigenvalue weighted by Gasteiger charge is -2.26. The van der Waals surface area contributed by atoms with Crippen LogP contribution in [0.2, 0.25) is 0 Å². The fourth-order valence-corrected chi connectivity index (χ4v) is 4.44. The highest BCUT2D eigenvalue weighted by molar-refractivity contribution is 7.99. The molecule has 2 aliphatic rings. The lowest BCUT2D eigenvalue weighted by Crippen LogP contribution is -2.35. The Kier molecular flexibility index (Phi) is 5.01. The van der Waals surface area contributed by atoms with Crippen LogP contribution in [0.4, 0.5) is 23.7 Å². The molecule has 1 N–H and O–H groups in total. The van der Waals surface area contributed by atoms with E-state index >= 15 is 0 Å². The molecule has 0 saturated carbocycles. The average Bonchev–Trinajstić information content (AvgIpc) is 3.17. The van der Waals surface area contributed by atoms with Crippen LogP contribution < -0.4 is 14.8 Å². The second-order valence-corrected chi connectivity index (χ2v) is 7.48. The molecule has 2 heterocycles. The first-order chi connectivity index (χ1) is 13.4. The molecule has 1 saturated heterocycles. The molecule has 1 unspecified atom stereocenters. The van der Waals surface area contributed by atoms with E-state index < -0.39 is 17.8 Å². The predicted molar refractivity (Wildman–Crippen MR) is 99.8 cm³/mol. The van der Waals surface area contributed by atoms with Crippen molar-refractivity contribution in [2.24, 2.45) is 0 Å². The van der Waals surface area contributed by atoms with E-state index in [0.29, 0.717) is 37.0 Å². The Morgan fingerprint density at radius 1 is 1.11 bits per heavy atom. The van der Waals surface area contributed by atoms with Crippen molar-refractivity contribution in [1.29, 1.82) is 0 Å². The second kappa shape index (κ2) is 7.46.